The quantitative estimate of drug-likeness (QED) is 0.0361. The van der Waals surface area contributed by atoms with E-state index in [-0.39, 0.29) is 35.9 Å². The topological polar surface area (TPSA) is 272 Å². The minimum absolute atomic E-state index is 0. The molecule has 0 spiro atoms. The van der Waals surface area contributed by atoms with E-state index in [4.69, 9.17) is 10.5 Å². The fourth-order valence-corrected chi connectivity index (χ4v) is 11.7. The zero-order valence-corrected chi connectivity index (χ0v) is 54.4. The molecule has 1 unspecified atom stereocenters. The predicted octanol–water partition coefficient (Wildman–Crippen LogP) is 15.4. The van der Waals surface area contributed by atoms with Gasteiger partial charge in [-0.15, -0.1) is 12.4 Å². The molecule has 94 heavy (non-hydrogen) atoms. The van der Waals surface area contributed by atoms with Gasteiger partial charge in [0.15, 0.2) is 23.6 Å². The third-order valence-electron chi connectivity index (χ3n) is 16.0. The number of rotatable bonds is 11. The zero-order valence-electron chi connectivity index (χ0n) is 53.6. The van der Waals surface area contributed by atoms with Gasteiger partial charge in [0.2, 0.25) is 0 Å². The molecule has 9 heterocycles. The average Bonchev–Trinajstić information content (AvgIpc) is 1.65. The number of amides is 1. The molecule has 0 bridgehead atoms. The molecule has 0 saturated heterocycles. The lowest BCUT2D eigenvalue weighted by molar-refractivity contribution is 0.0526. The lowest BCUT2D eigenvalue weighted by Gasteiger charge is -2.25. The molecule has 13 aromatic rings. The highest BCUT2D eigenvalue weighted by molar-refractivity contribution is 6.15. The third-order valence-corrected chi connectivity index (χ3v) is 16.0. The smallest absolute Gasteiger partial charge is 0.407 e. The van der Waals surface area contributed by atoms with Gasteiger partial charge in [-0.2, -0.15) is 0 Å². The standard InChI is InChI=1S/C18H29N3O2.2C13H10N2O.C12H8N2O.C10H12N2.C9H9NO.ClH/c1-18(2,3)23-17(22)21-12-5-4-11-19-15-10-6-8-14-9-7-13-20-16(14)15;2*1-8(16)12-13-10(6-7-14-12)9-4-2-3-5-11(9)15-13;15-7-11-12-9(5-6-13-11)8-3-1-2-4-10(8)14-12;11-6-5-8-7-12-10-4-2-1-3-9(8)10;11-8-5-1-3-7-4-2-6-10-9(7)8;/h7,9,13,15,19H,4-6,8,10-12H2,1-3H3,(H,21,22);2*2-7,15H,1H3;1-7,14H;1-4,7,12H,5-6,11H2;2,4,6H,1,3,5H2;1H. The summed E-state index contributed by atoms with van der Waals surface area (Å²) in [4.78, 5) is 90.2. The van der Waals surface area contributed by atoms with E-state index in [1.165, 1.54) is 48.0 Å². The van der Waals surface area contributed by atoms with Crippen molar-refractivity contribution in [2.24, 2.45) is 5.73 Å². The number of carbonyl (C=O) groups is 5. The van der Waals surface area contributed by atoms with Crippen LogP contribution in [0.5, 0.6) is 0 Å². The van der Waals surface area contributed by atoms with E-state index in [2.05, 4.69) is 79.8 Å². The van der Waals surface area contributed by atoms with E-state index in [1.54, 1.807) is 24.8 Å². The number of ether oxygens (including phenoxy) is 1. The lowest BCUT2D eigenvalue weighted by atomic mass is 9.92. The van der Waals surface area contributed by atoms with Crippen LogP contribution in [0.3, 0.4) is 0 Å². The number of nitrogens with two attached hydrogens (primary N) is 1. The van der Waals surface area contributed by atoms with Crippen LogP contribution in [0.1, 0.15) is 144 Å². The molecule has 18 nitrogen and oxygen atoms in total. The third kappa shape index (κ3) is 16.9. The molecule has 482 valence electrons. The predicted molar refractivity (Wildman–Crippen MR) is 377 cm³/mol. The summed E-state index contributed by atoms with van der Waals surface area (Å²) >= 11 is 0. The molecule has 19 heteroatoms. The van der Waals surface area contributed by atoms with Crippen LogP contribution in [0.15, 0.2) is 177 Å². The number of aromatic nitrogens is 9. The number of hydrogen-bond acceptors (Lipinski definition) is 13. The summed E-state index contributed by atoms with van der Waals surface area (Å²) in [6, 6.07) is 46.5. The van der Waals surface area contributed by atoms with E-state index in [0.717, 1.165) is 129 Å². The highest BCUT2D eigenvalue weighted by Gasteiger charge is 2.21. The number of nitrogens with zero attached hydrogens (tertiary/aromatic N) is 5. The number of ketones is 3. The Balaban J connectivity index is 0.000000134. The maximum atomic E-state index is 11.5. The number of aryl methyl sites for hydroxylation is 2. The van der Waals surface area contributed by atoms with Crippen molar-refractivity contribution < 1.29 is 28.7 Å². The molecule has 9 aromatic heterocycles. The minimum atomic E-state index is -0.437. The van der Waals surface area contributed by atoms with Crippen LogP contribution in [0.4, 0.5) is 4.79 Å². The highest BCUT2D eigenvalue weighted by atomic mass is 35.5. The Morgan fingerprint density at radius 2 is 1.09 bits per heavy atom. The van der Waals surface area contributed by atoms with Crippen molar-refractivity contribution in [3.05, 3.63) is 222 Å². The molecule has 8 N–H and O–H groups in total. The van der Waals surface area contributed by atoms with Crippen LogP contribution in [0, 0.1) is 0 Å². The summed E-state index contributed by atoms with van der Waals surface area (Å²) < 4.78 is 5.20. The van der Waals surface area contributed by atoms with Crippen LogP contribution in [-0.2, 0) is 24.0 Å². The van der Waals surface area contributed by atoms with E-state index in [9.17, 15) is 24.0 Å². The van der Waals surface area contributed by atoms with Gasteiger partial charge >= 0.3 is 6.09 Å². The first-order valence-corrected chi connectivity index (χ1v) is 31.6. The summed E-state index contributed by atoms with van der Waals surface area (Å²) in [6.07, 6.45) is 20.1. The highest BCUT2D eigenvalue weighted by Crippen LogP contribution is 2.30. The number of Topliss-reactive ketones (excluding diaryl/α,β-unsaturated/α-hetero) is 3. The largest absolute Gasteiger partial charge is 0.444 e. The molecule has 4 aromatic carbocycles. The molecule has 0 aliphatic heterocycles. The van der Waals surface area contributed by atoms with Gasteiger partial charge in [0.25, 0.3) is 0 Å². The van der Waals surface area contributed by atoms with Crippen LogP contribution < -0.4 is 16.4 Å². The number of aromatic amines is 4. The first-order valence-electron chi connectivity index (χ1n) is 31.6. The first kappa shape index (κ1) is 68.1. The SMILES string of the molecule is CC(=O)c1nccc2c1[nH]c1ccccc12.CC(=O)c1nccc2c1[nH]c1ccccc12.CC(C)(C)OC(=O)NCCCCNC1CCCc2cccnc21.Cl.NCCc1c[nH]c2ccccc12.O=C1CCCc2cccnc21.O=Cc1nccc2c1[nH]c1ccccc12. The summed E-state index contributed by atoms with van der Waals surface area (Å²) in [7, 11) is 0. The molecule has 0 saturated carbocycles. The van der Waals surface area contributed by atoms with Gasteiger partial charge in [-0.1, -0.05) is 84.9 Å². The molecular formula is C75H79ClN12O6. The van der Waals surface area contributed by atoms with Gasteiger partial charge < -0.3 is 41.0 Å². The van der Waals surface area contributed by atoms with Gasteiger partial charge in [0.05, 0.1) is 22.2 Å². The second-order valence-corrected chi connectivity index (χ2v) is 23.8. The number of hydrogen-bond donors (Lipinski definition) is 7. The number of H-pyrrole nitrogens is 4. The molecule has 0 fully saturated rings. The molecular weight excluding hydrogens is 1200 g/mol. The second-order valence-electron chi connectivity index (χ2n) is 23.8. The summed E-state index contributed by atoms with van der Waals surface area (Å²) in [5.41, 5.74) is 19.0. The van der Waals surface area contributed by atoms with Crippen molar-refractivity contribution in [1.29, 1.82) is 0 Å². The van der Waals surface area contributed by atoms with Crippen LogP contribution in [0.25, 0.3) is 76.3 Å². The van der Waals surface area contributed by atoms with E-state index < -0.39 is 5.60 Å². The van der Waals surface area contributed by atoms with Crippen LogP contribution in [0.2, 0.25) is 0 Å². The molecule has 1 amide bonds. The Morgan fingerprint density at radius 1 is 0.574 bits per heavy atom. The number of para-hydroxylation sites is 4. The van der Waals surface area contributed by atoms with Crippen molar-refractivity contribution >= 4 is 118 Å². The molecule has 2 aliphatic rings. The number of carbonyl (C=O) groups excluding carboxylic acids is 5. The number of aldehydes is 1. The number of unbranched alkanes of at least 4 members (excludes halogenated alkanes) is 1. The monoisotopic (exact) mass is 1280 g/mol. The van der Waals surface area contributed by atoms with Gasteiger partial charge in [-0.3, -0.25) is 44.1 Å². The van der Waals surface area contributed by atoms with Crippen molar-refractivity contribution in [2.75, 3.05) is 19.6 Å². The molecule has 0 radical (unpaired) electrons. The van der Waals surface area contributed by atoms with Gasteiger partial charge in [-0.25, -0.2) is 4.79 Å². The summed E-state index contributed by atoms with van der Waals surface area (Å²) in [6.45, 7) is 11.0. The lowest BCUT2D eigenvalue weighted by Crippen LogP contribution is -2.33. The Kier molecular flexibility index (Phi) is 23.4. The Bertz CT molecular complexity index is 4630. The van der Waals surface area contributed by atoms with Crippen molar-refractivity contribution in [3.8, 4) is 0 Å². The second kappa shape index (κ2) is 32.3. The van der Waals surface area contributed by atoms with Gasteiger partial charge in [0.1, 0.15) is 28.4 Å². The zero-order chi connectivity index (χ0) is 65.3. The van der Waals surface area contributed by atoms with Crippen LogP contribution >= 0.6 is 12.4 Å². The number of halogens is 1. The van der Waals surface area contributed by atoms with E-state index in [1.807, 2.05) is 148 Å². The number of alkyl carbamates (subject to hydrolysis) is 1. The number of nitrogens with one attached hydrogen (secondary N) is 6. The maximum Gasteiger partial charge on any atom is 0.407 e. The molecule has 1 atom stereocenters. The Labute approximate surface area is 551 Å². The van der Waals surface area contributed by atoms with E-state index >= 15 is 0 Å². The fourth-order valence-electron chi connectivity index (χ4n) is 11.7. The summed E-state index contributed by atoms with van der Waals surface area (Å²) in [5, 5.41) is 14.2. The van der Waals surface area contributed by atoms with E-state index in [0.29, 0.717) is 48.3 Å². The van der Waals surface area contributed by atoms with Crippen molar-refractivity contribution in [2.45, 2.75) is 104 Å². The molecule has 2 aliphatic carbocycles. The van der Waals surface area contributed by atoms with Crippen LogP contribution in [-0.4, -0.2) is 99.8 Å². The van der Waals surface area contributed by atoms with Crippen molar-refractivity contribution in [1.82, 2.24) is 55.5 Å². The average molecular weight is 1280 g/mol. The maximum absolute atomic E-state index is 11.5. The Morgan fingerprint density at radius 3 is 1.65 bits per heavy atom. The number of fused-ring (bicyclic) bond motifs is 12. The van der Waals surface area contributed by atoms with Gasteiger partial charge in [0, 0.05) is 130 Å². The molecule has 15 rings (SSSR count). The number of benzene rings is 4. The number of pyridine rings is 5. The first-order chi connectivity index (χ1) is 45.2. The summed E-state index contributed by atoms with van der Waals surface area (Å²) in [5.74, 6) is 0.168. The fraction of sp³-hybridized carbons (Fsp3) is 0.253. The Hall–Kier alpha value is -10.3. The van der Waals surface area contributed by atoms with Gasteiger partial charge in [-0.05, 0) is 157 Å². The minimum Gasteiger partial charge on any atom is -0.444 e. The van der Waals surface area contributed by atoms with Crippen molar-refractivity contribution in [3.63, 3.8) is 0 Å². The normalized spacial score (nSPS) is 13.0.